The van der Waals surface area contributed by atoms with Crippen molar-refractivity contribution < 1.29 is 4.79 Å². The zero-order valence-corrected chi connectivity index (χ0v) is 7.97. The van der Waals surface area contributed by atoms with E-state index >= 15 is 0 Å². The summed E-state index contributed by atoms with van der Waals surface area (Å²) in [5, 5.41) is 5.57. The van der Waals surface area contributed by atoms with Gasteiger partial charge in [-0.15, -0.1) is 0 Å². The third kappa shape index (κ3) is 1.77. The summed E-state index contributed by atoms with van der Waals surface area (Å²) in [6, 6.07) is 3.66. The molecule has 0 saturated carbocycles. The van der Waals surface area contributed by atoms with Crippen LogP contribution < -0.4 is 10.6 Å². The summed E-state index contributed by atoms with van der Waals surface area (Å²) in [7, 11) is 0. The lowest BCUT2D eigenvalue weighted by Crippen LogP contribution is -2.21. The maximum Gasteiger partial charge on any atom is 0.273 e. The highest BCUT2D eigenvalue weighted by Crippen LogP contribution is 2.05. The average molecular weight is 205 g/mol. The molecule has 0 aromatic carbocycles. The van der Waals surface area contributed by atoms with E-state index in [4.69, 9.17) is 12.2 Å². The monoisotopic (exact) mass is 205 g/mol. The lowest BCUT2D eigenvalue weighted by Gasteiger charge is -1.94. The van der Waals surface area contributed by atoms with Crippen LogP contribution in [0.3, 0.4) is 0 Å². The third-order valence-electron chi connectivity index (χ3n) is 1.72. The second kappa shape index (κ2) is 3.55. The molecule has 1 aromatic heterocycles. The summed E-state index contributed by atoms with van der Waals surface area (Å²) in [4.78, 5) is 15.2. The molecule has 14 heavy (non-hydrogen) atoms. The van der Waals surface area contributed by atoms with Crippen molar-refractivity contribution in [1.29, 1.82) is 0 Å². The number of pyridine rings is 1. The largest absolute Gasteiger partial charge is 0.328 e. The van der Waals surface area contributed by atoms with Gasteiger partial charge >= 0.3 is 0 Å². The van der Waals surface area contributed by atoms with Crippen LogP contribution in [0, 0.1) is 0 Å². The average Bonchev–Trinajstić information content (AvgIpc) is 2.47. The number of hydrogen-bond donors (Lipinski definition) is 2. The molecule has 1 aromatic rings. The molecule has 0 bridgehead atoms. The zero-order valence-electron chi connectivity index (χ0n) is 7.15. The fraction of sp³-hybridized carbons (Fsp3) is 0. The highest BCUT2D eigenvalue weighted by atomic mass is 32.1. The van der Waals surface area contributed by atoms with Crippen LogP contribution >= 0.6 is 12.2 Å². The van der Waals surface area contributed by atoms with E-state index in [1.54, 1.807) is 24.5 Å². The van der Waals surface area contributed by atoms with E-state index in [1.807, 2.05) is 6.07 Å². The van der Waals surface area contributed by atoms with Crippen molar-refractivity contribution >= 4 is 29.3 Å². The second-order valence-corrected chi connectivity index (χ2v) is 3.16. The topological polar surface area (TPSA) is 54.0 Å². The SMILES string of the molecule is O=C1NC(=S)NC1=Cc1cccnc1. The second-order valence-electron chi connectivity index (χ2n) is 2.75. The van der Waals surface area contributed by atoms with E-state index in [1.165, 1.54) is 0 Å². The fourth-order valence-corrected chi connectivity index (χ4v) is 1.31. The van der Waals surface area contributed by atoms with Crippen molar-refractivity contribution in [2.45, 2.75) is 0 Å². The van der Waals surface area contributed by atoms with Crippen LogP contribution in [0.25, 0.3) is 6.08 Å². The Morgan fingerprint density at radius 2 is 2.29 bits per heavy atom. The van der Waals surface area contributed by atoms with Gasteiger partial charge in [-0.1, -0.05) is 6.07 Å². The van der Waals surface area contributed by atoms with Gasteiger partial charge in [0.1, 0.15) is 5.70 Å². The quantitative estimate of drug-likeness (QED) is 0.515. The molecule has 0 spiro atoms. The van der Waals surface area contributed by atoms with E-state index in [0.29, 0.717) is 10.8 Å². The zero-order chi connectivity index (χ0) is 9.97. The molecule has 1 aliphatic heterocycles. The Morgan fingerprint density at radius 1 is 1.43 bits per heavy atom. The van der Waals surface area contributed by atoms with Crippen molar-refractivity contribution in [3.63, 3.8) is 0 Å². The molecular formula is C9H7N3OS. The fourth-order valence-electron chi connectivity index (χ4n) is 1.11. The number of nitrogens with zero attached hydrogens (tertiary/aromatic N) is 1. The predicted octanol–water partition coefficient (Wildman–Crippen LogP) is 0.427. The van der Waals surface area contributed by atoms with Gasteiger partial charge in [-0.3, -0.25) is 15.1 Å². The lowest BCUT2D eigenvalue weighted by atomic mass is 10.2. The lowest BCUT2D eigenvalue weighted by molar-refractivity contribution is -0.115. The first-order chi connectivity index (χ1) is 6.75. The Balaban J connectivity index is 2.28. The highest BCUT2D eigenvalue weighted by molar-refractivity contribution is 7.80. The Bertz CT molecular complexity index is 413. The molecular weight excluding hydrogens is 198 g/mol. The number of carbonyl (C=O) groups is 1. The molecule has 2 N–H and O–H groups in total. The number of rotatable bonds is 1. The normalized spacial score (nSPS) is 18.1. The number of nitrogens with one attached hydrogen (secondary N) is 2. The van der Waals surface area contributed by atoms with Crippen LogP contribution in [0.15, 0.2) is 30.2 Å². The summed E-state index contributed by atoms with van der Waals surface area (Å²) in [6.07, 6.45) is 5.04. The molecule has 70 valence electrons. The molecule has 0 aliphatic carbocycles. The van der Waals surface area contributed by atoms with Crippen LogP contribution in [0.5, 0.6) is 0 Å². The van der Waals surface area contributed by atoms with Crippen LogP contribution in [-0.4, -0.2) is 16.0 Å². The van der Waals surface area contributed by atoms with Crippen LogP contribution in [0.4, 0.5) is 0 Å². The third-order valence-corrected chi connectivity index (χ3v) is 1.92. The molecule has 0 atom stereocenters. The maximum atomic E-state index is 11.2. The van der Waals surface area contributed by atoms with Gasteiger partial charge in [-0.25, -0.2) is 0 Å². The van der Waals surface area contributed by atoms with E-state index in [9.17, 15) is 4.79 Å². The van der Waals surface area contributed by atoms with E-state index < -0.39 is 0 Å². The molecule has 1 fully saturated rings. The van der Waals surface area contributed by atoms with Gasteiger partial charge in [0.25, 0.3) is 5.91 Å². The Hall–Kier alpha value is -1.75. The van der Waals surface area contributed by atoms with Gasteiger partial charge in [0.05, 0.1) is 0 Å². The van der Waals surface area contributed by atoms with Crippen molar-refractivity contribution in [1.82, 2.24) is 15.6 Å². The number of aromatic nitrogens is 1. The van der Waals surface area contributed by atoms with Crippen LogP contribution in [0.1, 0.15) is 5.56 Å². The number of carbonyl (C=O) groups excluding carboxylic acids is 1. The summed E-state index contributed by atoms with van der Waals surface area (Å²) >= 11 is 4.79. The van der Waals surface area contributed by atoms with E-state index in [2.05, 4.69) is 15.6 Å². The summed E-state index contributed by atoms with van der Waals surface area (Å²) in [5.74, 6) is -0.209. The maximum absolute atomic E-state index is 11.2. The first-order valence-electron chi connectivity index (χ1n) is 4.00. The predicted molar refractivity (Wildman–Crippen MR) is 56.1 cm³/mol. The summed E-state index contributed by atoms with van der Waals surface area (Å²) in [5.41, 5.74) is 1.30. The van der Waals surface area contributed by atoms with Gasteiger partial charge in [0.15, 0.2) is 5.11 Å². The Kier molecular flexibility index (Phi) is 2.24. The van der Waals surface area contributed by atoms with Gasteiger partial charge in [0, 0.05) is 12.4 Å². The first kappa shape index (κ1) is 8.83. The molecule has 1 aliphatic rings. The van der Waals surface area contributed by atoms with Crippen LogP contribution in [0.2, 0.25) is 0 Å². The van der Waals surface area contributed by atoms with E-state index in [0.717, 1.165) is 5.56 Å². The number of hydrogen-bond acceptors (Lipinski definition) is 3. The molecule has 0 radical (unpaired) electrons. The highest BCUT2D eigenvalue weighted by Gasteiger charge is 2.19. The van der Waals surface area contributed by atoms with Crippen molar-refractivity contribution in [3.05, 3.63) is 35.8 Å². The minimum absolute atomic E-state index is 0.209. The van der Waals surface area contributed by atoms with Gasteiger partial charge in [0.2, 0.25) is 0 Å². The number of amides is 1. The molecule has 1 saturated heterocycles. The molecule has 2 heterocycles. The van der Waals surface area contributed by atoms with Crippen LogP contribution in [-0.2, 0) is 4.79 Å². The molecule has 5 heteroatoms. The minimum Gasteiger partial charge on any atom is -0.328 e. The first-order valence-corrected chi connectivity index (χ1v) is 4.40. The summed E-state index contributed by atoms with van der Waals surface area (Å²) in [6.45, 7) is 0. The van der Waals surface area contributed by atoms with E-state index in [-0.39, 0.29) is 5.91 Å². The molecule has 0 unspecified atom stereocenters. The molecule has 2 rings (SSSR count). The summed E-state index contributed by atoms with van der Waals surface area (Å²) < 4.78 is 0. The minimum atomic E-state index is -0.209. The molecule has 4 nitrogen and oxygen atoms in total. The van der Waals surface area contributed by atoms with Gasteiger partial charge in [-0.2, -0.15) is 0 Å². The van der Waals surface area contributed by atoms with Gasteiger partial charge in [-0.05, 0) is 29.9 Å². The molecule has 1 amide bonds. The Morgan fingerprint density at radius 3 is 2.86 bits per heavy atom. The Labute approximate surface area is 86.0 Å². The number of thiocarbonyl (C=S) groups is 1. The van der Waals surface area contributed by atoms with Crippen molar-refractivity contribution in [2.24, 2.45) is 0 Å². The van der Waals surface area contributed by atoms with Crippen molar-refractivity contribution in [2.75, 3.05) is 0 Å². The van der Waals surface area contributed by atoms with Crippen molar-refractivity contribution in [3.8, 4) is 0 Å². The standard InChI is InChI=1S/C9H7N3OS/c13-8-7(11-9(14)12-8)4-6-2-1-3-10-5-6/h1-5H,(H2,11,12,13,14). The van der Waals surface area contributed by atoms with Gasteiger partial charge < -0.3 is 5.32 Å². The smallest absolute Gasteiger partial charge is 0.273 e.